The number of benzene rings is 2. The predicted octanol–water partition coefficient (Wildman–Crippen LogP) is 3.00. The topological polar surface area (TPSA) is 81.9 Å². The van der Waals surface area contributed by atoms with Crippen molar-refractivity contribution in [3.8, 4) is 17.1 Å². The van der Waals surface area contributed by atoms with Crippen molar-refractivity contribution in [2.45, 2.75) is 25.8 Å². The van der Waals surface area contributed by atoms with Gasteiger partial charge in [-0.25, -0.2) is 4.68 Å². The maximum Gasteiger partial charge on any atom is 0.262 e. The maximum atomic E-state index is 12.4. The minimum atomic E-state index is -0.230. The molecule has 0 spiro atoms. The van der Waals surface area contributed by atoms with E-state index in [9.17, 15) is 4.79 Å². The molecule has 7 nitrogen and oxygen atoms in total. The fourth-order valence-corrected chi connectivity index (χ4v) is 2.77. The number of nitrogens with one attached hydrogen (secondary N) is 1. The smallest absolute Gasteiger partial charge is 0.262 e. The zero-order chi connectivity index (χ0) is 17.9. The van der Waals surface area contributed by atoms with E-state index < -0.39 is 0 Å². The molecule has 1 aromatic heterocycles. The van der Waals surface area contributed by atoms with Crippen molar-refractivity contribution in [3.63, 3.8) is 0 Å². The maximum absolute atomic E-state index is 12.4. The quantitative estimate of drug-likeness (QED) is 0.740. The number of anilines is 1. The molecule has 0 saturated heterocycles. The third-order valence-corrected chi connectivity index (χ3v) is 4.28. The van der Waals surface area contributed by atoms with Crippen LogP contribution in [0.1, 0.15) is 24.4 Å². The molecule has 26 heavy (non-hydrogen) atoms. The number of ether oxygens (including phenoxy) is 1. The molecule has 1 N–H and O–H groups in total. The zero-order valence-corrected chi connectivity index (χ0v) is 14.4. The van der Waals surface area contributed by atoms with E-state index in [1.165, 1.54) is 0 Å². The number of hydrogen-bond acceptors (Lipinski definition) is 5. The first kappa shape index (κ1) is 16.3. The van der Waals surface area contributed by atoms with Crippen LogP contribution in [-0.2, 0) is 4.79 Å². The molecule has 132 valence electrons. The van der Waals surface area contributed by atoms with Crippen LogP contribution in [0, 0.1) is 6.92 Å². The van der Waals surface area contributed by atoms with Gasteiger partial charge in [0, 0.05) is 5.56 Å². The highest BCUT2D eigenvalue weighted by Gasteiger charge is 2.29. The molecule has 0 bridgehead atoms. The van der Waals surface area contributed by atoms with Gasteiger partial charge in [-0.2, -0.15) is 0 Å². The minimum absolute atomic E-state index is 0.0627. The molecule has 1 fully saturated rings. The molecule has 4 rings (SSSR count). The predicted molar refractivity (Wildman–Crippen MR) is 96.8 cm³/mol. The Balaban J connectivity index is 1.49. The number of tetrazole rings is 1. The molecule has 7 heteroatoms. The third-order valence-electron chi connectivity index (χ3n) is 4.28. The molecule has 0 radical (unpaired) electrons. The molecule has 0 atom stereocenters. The number of aromatic nitrogens is 4. The number of amides is 1. The fourth-order valence-electron chi connectivity index (χ4n) is 2.77. The van der Waals surface area contributed by atoms with Crippen molar-refractivity contribution in [1.82, 2.24) is 20.2 Å². The van der Waals surface area contributed by atoms with E-state index in [4.69, 9.17) is 4.74 Å². The van der Waals surface area contributed by atoms with E-state index in [1.807, 2.05) is 60.1 Å². The Bertz CT molecular complexity index is 933. The monoisotopic (exact) mass is 349 g/mol. The molecule has 1 amide bonds. The Kier molecular flexibility index (Phi) is 4.35. The van der Waals surface area contributed by atoms with Crippen LogP contribution in [0.5, 0.6) is 5.75 Å². The first-order valence-electron chi connectivity index (χ1n) is 8.58. The molecule has 0 aliphatic heterocycles. The van der Waals surface area contributed by atoms with Crippen molar-refractivity contribution in [1.29, 1.82) is 0 Å². The van der Waals surface area contributed by atoms with Crippen LogP contribution in [-0.4, -0.2) is 32.7 Å². The average Bonchev–Trinajstić information content (AvgIpc) is 3.38. The van der Waals surface area contributed by atoms with E-state index in [0.29, 0.717) is 23.3 Å². The highest BCUT2D eigenvalue weighted by atomic mass is 16.5. The fraction of sp³-hybridized carbons (Fsp3) is 0.263. The van der Waals surface area contributed by atoms with E-state index in [-0.39, 0.29) is 12.5 Å². The lowest BCUT2D eigenvalue weighted by Crippen LogP contribution is -2.21. The Morgan fingerprint density at radius 3 is 2.77 bits per heavy atom. The Morgan fingerprint density at radius 1 is 1.19 bits per heavy atom. The normalized spacial score (nSPS) is 13.4. The van der Waals surface area contributed by atoms with Crippen molar-refractivity contribution >= 4 is 11.6 Å². The van der Waals surface area contributed by atoms with Gasteiger partial charge in [0.2, 0.25) is 0 Å². The van der Waals surface area contributed by atoms with Gasteiger partial charge in [0.1, 0.15) is 5.75 Å². The van der Waals surface area contributed by atoms with Crippen molar-refractivity contribution in [2.75, 3.05) is 11.9 Å². The van der Waals surface area contributed by atoms with Gasteiger partial charge in [-0.05, 0) is 54.0 Å². The summed E-state index contributed by atoms with van der Waals surface area (Å²) in [6.45, 7) is 1.88. The van der Waals surface area contributed by atoms with Crippen LogP contribution in [0.2, 0.25) is 0 Å². The van der Waals surface area contributed by atoms with Crippen LogP contribution in [0.4, 0.5) is 5.69 Å². The van der Waals surface area contributed by atoms with Crippen molar-refractivity contribution < 1.29 is 9.53 Å². The van der Waals surface area contributed by atoms with Gasteiger partial charge in [-0.3, -0.25) is 4.79 Å². The second-order valence-corrected chi connectivity index (χ2v) is 6.33. The Hall–Kier alpha value is -3.22. The Labute approximate surface area is 151 Å². The highest BCUT2D eigenvalue weighted by molar-refractivity contribution is 5.95. The van der Waals surface area contributed by atoms with Gasteiger partial charge in [0.15, 0.2) is 12.4 Å². The standard InChI is InChI=1S/C19H19N5O2/c1-13-6-2-5-9-17(13)26-12-18(25)20-16-8-4-3-7-15(16)19-21-22-23-24(19)14-10-11-14/h2-9,14H,10-12H2,1H3,(H,20,25). The summed E-state index contributed by atoms with van der Waals surface area (Å²) in [6.07, 6.45) is 2.16. The summed E-state index contributed by atoms with van der Waals surface area (Å²) < 4.78 is 7.44. The molecular formula is C19H19N5O2. The number of aryl methyl sites for hydroxylation is 1. The SMILES string of the molecule is Cc1ccccc1OCC(=O)Nc1ccccc1-c1nnnn1C1CC1. The second kappa shape index (κ2) is 6.95. The number of hydrogen-bond donors (Lipinski definition) is 1. The summed E-state index contributed by atoms with van der Waals surface area (Å²) in [6, 6.07) is 15.5. The van der Waals surface area contributed by atoms with E-state index >= 15 is 0 Å². The number of carbonyl (C=O) groups is 1. The molecule has 1 aliphatic rings. The van der Waals surface area contributed by atoms with Crippen LogP contribution in [0.15, 0.2) is 48.5 Å². The van der Waals surface area contributed by atoms with E-state index in [0.717, 1.165) is 24.0 Å². The molecule has 1 heterocycles. The average molecular weight is 349 g/mol. The lowest BCUT2D eigenvalue weighted by Gasteiger charge is -2.12. The van der Waals surface area contributed by atoms with Gasteiger partial charge in [0.05, 0.1) is 11.7 Å². The number of rotatable bonds is 6. The molecule has 1 saturated carbocycles. The minimum Gasteiger partial charge on any atom is -0.483 e. The van der Waals surface area contributed by atoms with Crippen LogP contribution in [0.25, 0.3) is 11.4 Å². The van der Waals surface area contributed by atoms with Gasteiger partial charge in [-0.1, -0.05) is 30.3 Å². The summed E-state index contributed by atoms with van der Waals surface area (Å²) in [7, 11) is 0. The summed E-state index contributed by atoms with van der Waals surface area (Å²) in [5, 5.41) is 14.9. The lowest BCUT2D eigenvalue weighted by atomic mass is 10.1. The van der Waals surface area contributed by atoms with Crippen LogP contribution < -0.4 is 10.1 Å². The van der Waals surface area contributed by atoms with Gasteiger partial charge in [-0.15, -0.1) is 5.10 Å². The van der Waals surface area contributed by atoms with Crippen LogP contribution >= 0.6 is 0 Å². The van der Waals surface area contributed by atoms with Crippen molar-refractivity contribution in [2.24, 2.45) is 0 Å². The molecule has 2 aromatic carbocycles. The molecular weight excluding hydrogens is 330 g/mol. The summed E-state index contributed by atoms with van der Waals surface area (Å²) in [5.74, 6) is 1.14. The number of nitrogens with zero attached hydrogens (tertiary/aromatic N) is 4. The molecule has 3 aromatic rings. The van der Waals surface area contributed by atoms with Gasteiger partial charge < -0.3 is 10.1 Å². The zero-order valence-electron chi connectivity index (χ0n) is 14.4. The summed E-state index contributed by atoms with van der Waals surface area (Å²) >= 11 is 0. The second-order valence-electron chi connectivity index (χ2n) is 6.33. The van der Waals surface area contributed by atoms with Gasteiger partial charge in [0.25, 0.3) is 5.91 Å². The summed E-state index contributed by atoms with van der Waals surface area (Å²) in [4.78, 5) is 12.4. The van der Waals surface area contributed by atoms with E-state index in [1.54, 1.807) is 0 Å². The van der Waals surface area contributed by atoms with Crippen LogP contribution in [0.3, 0.4) is 0 Å². The third kappa shape index (κ3) is 3.42. The number of carbonyl (C=O) groups excluding carboxylic acids is 1. The van der Waals surface area contributed by atoms with Gasteiger partial charge >= 0.3 is 0 Å². The molecule has 0 unspecified atom stereocenters. The van der Waals surface area contributed by atoms with E-state index in [2.05, 4.69) is 20.8 Å². The first-order chi connectivity index (χ1) is 12.7. The van der Waals surface area contributed by atoms with Crippen molar-refractivity contribution in [3.05, 3.63) is 54.1 Å². The largest absolute Gasteiger partial charge is 0.483 e. The summed E-state index contributed by atoms with van der Waals surface area (Å²) in [5.41, 5.74) is 2.46. The Morgan fingerprint density at radius 2 is 1.96 bits per heavy atom. The molecule has 1 aliphatic carbocycles. The highest BCUT2D eigenvalue weighted by Crippen LogP contribution is 2.37. The lowest BCUT2D eigenvalue weighted by molar-refractivity contribution is -0.118. The first-order valence-corrected chi connectivity index (χ1v) is 8.58. The number of para-hydroxylation sites is 2.